The van der Waals surface area contributed by atoms with E-state index in [9.17, 15) is 5.11 Å². The Morgan fingerprint density at radius 1 is 1.44 bits per heavy atom. The molecule has 3 heterocycles. The van der Waals surface area contributed by atoms with Crippen molar-refractivity contribution < 1.29 is 9.52 Å². The highest BCUT2D eigenvalue weighted by Crippen LogP contribution is 2.37. The second kappa shape index (κ2) is 3.90. The third-order valence-electron chi connectivity index (χ3n) is 4.13. The summed E-state index contributed by atoms with van der Waals surface area (Å²) in [4.78, 5) is 2.45. The van der Waals surface area contributed by atoms with E-state index in [2.05, 4.69) is 4.90 Å². The molecule has 2 atom stereocenters. The van der Waals surface area contributed by atoms with E-state index in [1.165, 1.54) is 12.8 Å². The van der Waals surface area contributed by atoms with Gasteiger partial charge >= 0.3 is 0 Å². The quantitative estimate of drug-likeness (QED) is 0.827. The first kappa shape index (κ1) is 10.4. The summed E-state index contributed by atoms with van der Waals surface area (Å²) in [5, 5.41) is 10.8. The van der Waals surface area contributed by atoms with E-state index >= 15 is 0 Å². The summed E-state index contributed by atoms with van der Waals surface area (Å²) in [6.45, 7) is 2.20. The molecule has 1 N–H and O–H groups in total. The van der Waals surface area contributed by atoms with Gasteiger partial charge in [-0.2, -0.15) is 0 Å². The van der Waals surface area contributed by atoms with Crippen LogP contribution < -0.4 is 0 Å². The van der Waals surface area contributed by atoms with Gasteiger partial charge in [0.25, 0.3) is 0 Å². The molecule has 0 amide bonds. The Hall–Kier alpha value is -0.800. The molecule has 1 aromatic heterocycles. The van der Waals surface area contributed by atoms with Gasteiger partial charge < -0.3 is 9.52 Å². The zero-order valence-corrected chi connectivity index (χ0v) is 9.56. The SMILES string of the molecule is OC1(Cc2ccco2)CCN2CCCCC21. The van der Waals surface area contributed by atoms with Gasteiger partial charge in [-0.15, -0.1) is 0 Å². The van der Waals surface area contributed by atoms with E-state index in [0.717, 1.165) is 31.7 Å². The molecule has 0 aromatic carbocycles. The Bertz CT molecular complexity index is 349. The fourth-order valence-corrected chi connectivity index (χ4v) is 3.29. The summed E-state index contributed by atoms with van der Waals surface area (Å²) in [5.41, 5.74) is -0.557. The van der Waals surface area contributed by atoms with E-state index < -0.39 is 5.60 Å². The van der Waals surface area contributed by atoms with Crippen LogP contribution in [0.1, 0.15) is 31.4 Å². The van der Waals surface area contributed by atoms with Gasteiger partial charge in [-0.05, 0) is 37.9 Å². The van der Waals surface area contributed by atoms with Gasteiger partial charge in [0.05, 0.1) is 11.9 Å². The molecule has 0 aliphatic carbocycles. The third kappa shape index (κ3) is 1.68. The second-order valence-electron chi connectivity index (χ2n) is 5.16. The lowest BCUT2D eigenvalue weighted by Crippen LogP contribution is -2.48. The lowest BCUT2D eigenvalue weighted by atomic mass is 9.85. The number of aliphatic hydroxyl groups is 1. The van der Waals surface area contributed by atoms with Crippen molar-refractivity contribution in [3.63, 3.8) is 0 Å². The number of hydrogen-bond acceptors (Lipinski definition) is 3. The molecule has 3 heteroatoms. The van der Waals surface area contributed by atoms with Crippen molar-refractivity contribution in [2.24, 2.45) is 0 Å². The summed E-state index contributed by atoms with van der Waals surface area (Å²) in [6, 6.07) is 4.21. The average Bonchev–Trinajstić information content (AvgIpc) is 2.89. The predicted molar refractivity (Wildman–Crippen MR) is 61.2 cm³/mol. The number of furan rings is 1. The first-order valence-electron chi connectivity index (χ1n) is 6.27. The molecule has 1 aromatic rings. The largest absolute Gasteiger partial charge is 0.469 e. The van der Waals surface area contributed by atoms with Crippen LogP contribution in [0.4, 0.5) is 0 Å². The highest BCUT2D eigenvalue weighted by Gasteiger charge is 2.46. The molecule has 16 heavy (non-hydrogen) atoms. The van der Waals surface area contributed by atoms with Crippen LogP contribution in [0.15, 0.2) is 22.8 Å². The van der Waals surface area contributed by atoms with E-state index in [1.54, 1.807) is 6.26 Å². The van der Waals surface area contributed by atoms with Crippen molar-refractivity contribution in [3.8, 4) is 0 Å². The highest BCUT2D eigenvalue weighted by atomic mass is 16.3. The van der Waals surface area contributed by atoms with Crippen LogP contribution in [0, 0.1) is 0 Å². The fraction of sp³-hybridized carbons (Fsp3) is 0.692. The number of rotatable bonds is 2. The fourth-order valence-electron chi connectivity index (χ4n) is 3.29. The molecular formula is C13H19NO2. The Morgan fingerprint density at radius 2 is 2.38 bits per heavy atom. The molecule has 0 radical (unpaired) electrons. The number of piperidine rings is 1. The topological polar surface area (TPSA) is 36.6 Å². The summed E-state index contributed by atoms with van der Waals surface area (Å²) in [5.74, 6) is 0.912. The molecule has 2 saturated heterocycles. The lowest BCUT2D eigenvalue weighted by molar-refractivity contribution is -0.0123. The molecule has 0 saturated carbocycles. The third-order valence-corrected chi connectivity index (χ3v) is 4.13. The van der Waals surface area contributed by atoms with Crippen LogP contribution in [0.25, 0.3) is 0 Å². The first-order valence-corrected chi connectivity index (χ1v) is 6.27. The molecular weight excluding hydrogens is 202 g/mol. The zero-order chi connectivity index (χ0) is 11.0. The van der Waals surface area contributed by atoms with Crippen LogP contribution in [0.5, 0.6) is 0 Å². The van der Waals surface area contributed by atoms with Gasteiger partial charge in [0.15, 0.2) is 0 Å². The van der Waals surface area contributed by atoms with Gasteiger partial charge in [0, 0.05) is 19.0 Å². The molecule has 88 valence electrons. The zero-order valence-electron chi connectivity index (χ0n) is 9.56. The van der Waals surface area contributed by atoms with Crippen molar-refractivity contribution >= 4 is 0 Å². The molecule has 3 rings (SSSR count). The predicted octanol–water partition coefficient (Wildman–Crippen LogP) is 1.81. The molecule has 0 spiro atoms. The monoisotopic (exact) mass is 221 g/mol. The minimum absolute atomic E-state index is 0.353. The van der Waals surface area contributed by atoms with Crippen molar-refractivity contribution in [1.29, 1.82) is 0 Å². The van der Waals surface area contributed by atoms with Crippen LogP contribution >= 0.6 is 0 Å². The molecule has 3 nitrogen and oxygen atoms in total. The maximum absolute atomic E-state index is 10.8. The Labute approximate surface area is 96.1 Å². The van der Waals surface area contributed by atoms with Gasteiger partial charge in [-0.3, -0.25) is 4.90 Å². The second-order valence-corrected chi connectivity index (χ2v) is 5.16. The Balaban J connectivity index is 1.77. The smallest absolute Gasteiger partial charge is 0.106 e. The van der Waals surface area contributed by atoms with E-state index in [1.807, 2.05) is 12.1 Å². The standard InChI is InChI=1S/C13H19NO2/c15-13(10-11-4-3-9-16-11)6-8-14-7-2-1-5-12(13)14/h3-4,9,12,15H,1-2,5-8,10H2. The summed E-state index contributed by atoms with van der Waals surface area (Å²) < 4.78 is 5.36. The van der Waals surface area contributed by atoms with Crippen LogP contribution in [0.2, 0.25) is 0 Å². The average molecular weight is 221 g/mol. The first-order chi connectivity index (χ1) is 7.78. The summed E-state index contributed by atoms with van der Waals surface area (Å²) >= 11 is 0. The summed E-state index contributed by atoms with van der Waals surface area (Å²) in [6.07, 6.45) is 6.91. The molecule has 2 unspecified atom stereocenters. The van der Waals surface area contributed by atoms with Crippen molar-refractivity contribution in [2.45, 2.75) is 43.7 Å². The molecule has 0 bridgehead atoms. The van der Waals surface area contributed by atoms with Gasteiger partial charge in [0.1, 0.15) is 5.76 Å². The molecule has 2 fully saturated rings. The van der Waals surface area contributed by atoms with Crippen LogP contribution in [-0.2, 0) is 6.42 Å². The summed E-state index contributed by atoms with van der Waals surface area (Å²) in [7, 11) is 0. The van der Waals surface area contributed by atoms with Crippen LogP contribution in [-0.4, -0.2) is 34.7 Å². The maximum Gasteiger partial charge on any atom is 0.106 e. The number of fused-ring (bicyclic) bond motifs is 1. The minimum Gasteiger partial charge on any atom is -0.469 e. The van der Waals surface area contributed by atoms with Crippen molar-refractivity contribution in [2.75, 3.05) is 13.1 Å². The highest BCUT2D eigenvalue weighted by molar-refractivity contribution is 5.09. The number of hydrogen-bond donors (Lipinski definition) is 1. The maximum atomic E-state index is 10.8. The molecule has 2 aliphatic rings. The Kier molecular flexibility index (Phi) is 2.52. The van der Waals surface area contributed by atoms with E-state index in [4.69, 9.17) is 4.42 Å². The number of nitrogens with zero attached hydrogens (tertiary/aromatic N) is 1. The van der Waals surface area contributed by atoms with E-state index in [-0.39, 0.29) is 0 Å². The minimum atomic E-state index is -0.557. The van der Waals surface area contributed by atoms with Gasteiger partial charge in [-0.25, -0.2) is 0 Å². The molecule has 2 aliphatic heterocycles. The van der Waals surface area contributed by atoms with Gasteiger partial charge in [0.2, 0.25) is 0 Å². The normalized spacial score (nSPS) is 35.2. The van der Waals surface area contributed by atoms with Crippen molar-refractivity contribution in [3.05, 3.63) is 24.2 Å². The lowest BCUT2D eigenvalue weighted by Gasteiger charge is -2.37. The van der Waals surface area contributed by atoms with Gasteiger partial charge in [-0.1, -0.05) is 6.42 Å². The Morgan fingerprint density at radius 3 is 3.19 bits per heavy atom. The van der Waals surface area contributed by atoms with E-state index in [0.29, 0.717) is 12.5 Å². The van der Waals surface area contributed by atoms with Crippen LogP contribution in [0.3, 0.4) is 0 Å². The van der Waals surface area contributed by atoms with Crippen molar-refractivity contribution in [1.82, 2.24) is 4.90 Å².